The number of aromatic nitrogens is 2. The molecule has 1 aromatic heterocycles. The minimum Gasteiger partial charge on any atom is -0.497 e. The van der Waals surface area contributed by atoms with E-state index in [-0.39, 0.29) is 5.56 Å². The Morgan fingerprint density at radius 2 is 1.76 bits per heavy atom. The Morgan fingerprint density at radius 3 is 2.48 bits per heavy atom. The number of fused-ring (bicyclic) bond motifs is 1. The van der Waals surface area contributed by atoms with Crippen molar-refractivity contribution in [2.24, 2.45) is 0 Å². The minimum absolute atomic E-state index is 0.0354. The van der Waals surface area contributed by atoms with Crippen LogP contribution in [0.2, 0.25) is 0 Å². The van der Waals surface area contributed by atoms with Crippen LogP contribution in [0.15, 0.2) is 77.6 Å². The summed E-state index contributed by atoms with van der Waals surface area (Å²) >= 11 is 2.22. The van der Waals surface area contributed by atoms with Gasteiger partial charge in [0.2, 0.25) is 0 Å². The van der Waals surface area contributed by atoms with E-state index < -0.39 is 0 Å². The molecule has 0 saturated carbocycles. The predicted molar refractivity (Wildman–Crippen MR) is 126 cm³/mol. The summed E-state index contributed by atoms with van der Waals surface area (Å²) in [4.78, 5) is 18.0. The summed E-state index contributed by atoms with van der Waals surface area (Å²) in [7, 11) is 1.65. The number of benzene rings is 3. The normalized spacial score (nSPS) is 11.2. The van der Waals surface area contributed by atoms with Crippen molar-refractivity contribution in [3.63, 3.8) is 0 Å². The van der Waals surface area contributed by atoms with E-state index in [1.54, 1.807) is 11.7 Å². The first-order chi connectivity index (χ1) is 14.1. The fourth-order valence-electron chi connectivity index (χ4n) is 3.14. The van der Waals surface area contributed by atoms with E-state index in [0.29, 0.717) is 23.3 Å². The molecule has 3 aromatic carbocycles. The largest absolute Gasteiger partial charge is 0.497 e. The van der Waals surface area contributed by atoms with Crippen LogP contribution in [0.3, 0.4) is 0 Å². The quantitative estimate of drug-likeness (QED) is 0.357. The van der Waals surface area contributed by atoms with Gasteiger partial charge in [-0.25, -0.2) is 4.98 Å². The second-order valence-electron chi connectivity index (χ2n) is 6.61. The molecule has 0 atom stereocenters. The Hall–Kier alpha value is -2.93. The van der Waals surface area contributed by atoms with Crippen molar-refractivity contribution in [2.45, 2.75) is 6.54 Å². The zero-order chi connectivity index (χ0) is 20.2. The average molecular weight is 494 g/mol. The van der Waals surface area contributed by atoms with Crippen LogP contribution in [0, 0.1) is 3.57 Å². The van der Waals surface area contributed by atoms with Gasteiger partial charge in [-0.2, -0.15) is 0 Å². The molecule has 4 aromatic rings. The van der Waals surface area contributed by atoms with E-state index in [1.165, 1.54) is 0 Å². The van der Waals surface area contributed by atoms with Crippen LogP contribution in [-0.2, 0) is 6.54 Å². The first kappa shape index (κ1) is 19.4. The highest BCUT2D eigenvalue weighted by atomic mass is 127. The standard InChI is InChI=1S/C24H19IN2O2/c1-29-20-11-7-17(8-12-20)9-14-23-26-22-13-10-19(25)15-21(22)24(28)27(23)16-18-5-3-2-4-6-18/h2-15H,16H2,1H3/b14-9+. The SMILES string of the molecule is COc1ccc(/C=C/c2nc3ccc(I)cc3c(=O)n2Cc2ccccc2)cc1. The van der Waals surface area contributed by atoms with Crippen molar-refractivity contribution in [3.05, 3.63) is 104 Å². The van der Waals surface area contributed by atoms with Crippen molar-refractivity contribution in [1.29, 1.82) is 0 Å². The molecule has 29 heavy (non-hydrogen) atoms. The molecule has 0 aliphatic rings. The van der Waals surface area contributed by atoms with E-state index in [0.717, 1.165) is 20.4 Å². The lowest BCUT2D eigenvalue weighted by Gasteiger charge is -2.12. The second kappa shape index (κ2) is 8.61. The molecule has 5 heteroatoms. The Balaban J connectivity index is 1.81. The van der Waals surface area contributed by atoms with E-state index >= 15 is 0 Å². The highest BCUT2D eigenvalue weighted by Gasteiger charge is 2.10. The van der Waals surface area contributed by atoms with Crippen LogP contribution in [0.4, 0.5) is 0 Å². The molecule has 0 N–H and O–H groups in total. The molecule has 0 spiro atoms. The number of hydrogen-bond donors (Lipinski definition) is 0. The lowest BCUT2D eigenvalue weighted by Crippen LogP contribution is -2.24. The molecule has 0 bridgehead atoms. The summed E-state index contributed by atoms with van der Waals surface area (Å²) in [5.74, 6) is 1.44. The maximum atomic E-state index is 13.3. The molecule has 0 fully saturated rings. The topological polar surface area (TPSA) is 44.1 Å². The highest BCUT2D eigenvalue weighted by Crippen LogP contribution is 2.17. The van der Waals surface area contributed by atoms with Crippen LogP contribution >= 0.6 is 22.6 Å². The minimum atomic E-state index is -0.0354. The molecule has 0 aliphatic heterocycles. The van der Waals surface area contributed by atoms with Crippen LogP contribution in [0.1, 0.15) is 17.0 Å². The maximum Gasteiger partial charge on any atom is 0.261 e. The summed E-state index contributed by atoms with van der Waals surface area (Å²) in [6, 6.07) is 23.5. The van der Waals surface area contributed by atoms with Crippen molar-refractivity contribution in [3.8, 4) is 5.75 Å². The van der Waals surface area contributed by atoms with E-state index in [9.17, 15) is 4.79 Å². The summed E-state index contributed by atoms with van der Waals surface area (Å²) in [6.07, 6.45) is 3.85. The molecule has 0 aliphatic carbocycles. The molecule has 4 nitrogen and oxygen atoms in total. The molecular weight excluding hydrogens is 475 g/mol. The lowest BCUT2D eigenvalue weighted by molar-refractivity contribution is 0.415. The first-order valence-electron chi connectivity index (χ1n) is 9.20. The Morgan fingerprint density at radius 1 is 1.00 bits per heavy atom. The fraction of sp³-hybridized carbons (Fsp3) is 0.0833. The predicted octanol–water partition coefficient (Wildman–Crippen LogP) is 5.23. The highest BCUT2D eigenvalue weighted by molar-refractivity contribution is 14.1. The smallest absolute Gasteiger partial charge is 0.261 e. The molecular formula is C24H19IN2O2. The Bertz CT molecular complexity index is 1230. The molecule has 0 saturated heterocycles. The van der Waals surface area contributed by atoms with Crippen molar-refractivity contribution in [1.82, 2.24) is 9.55 Å². The van der Waals surface area contributed by atoms with Gasteiger partial charge in [0.25, 0.3) is 5.56 Å². The third kappa shape index (κ3) is 4.40. The van der Waals surface area contributed by atoms with Crippen molar-refractivity contribution < 1.29 is 4.74 Å². The zero-order valence-electron chi connectivity index (χ0n) is 15.9. The van der Waals surface area contributed by atoms with Crippen LogP contribution in [0.25, 0.3) is 23.1 Å². The Kier molecular flexibility index (Phi) is 5.76. The summed E-state index contributed by atoms with van der Waals surface area (Å²) in [6.45, 7) is 0.469. The van der Waals surface area contributed by atoms with Gasteiger partial charge < -0.3 is 4.74 Å². The van der Waals surface area contributed by atoms with Gasteiger partial charge in [-0.1, -0.05) is 48.5 Å². The van der Waals surface area contributed by atoms with Gasteiger partial charge in [0.1, 0.15) is 11.6 Å². The van der Waals surface area contributed by atoms with Crippen molar-refractivity contribution in [2.75, 3.05) is 7.11 Å². The van der Waals surface area contributed by atoms with Crippen molar-refractivity contribution >= 4 is 45.6 Å². The number of hydrogen-bond acceptors (Lipinski definition) is 3. The molecule has 1 heterocycles. The number of rotatable bonds is 5. The summed E-state index contributed by atoms with van der Waals surface area (Å²) in [5.41, 5.74) is 2.73. The van der Waals surface area contributed by atoms with Gasteiger partial charge in [-0.3, -0.25) is 9.36 Å². The average Bonchev–Trinajstić information content (AvgIpc) is 2.76. The molecule has 0 amide bonds. The monoisotopic (exact) mass is 494 g/mol. The van der Waals surface area contributed by atoms with Crippen LogP contribution < -0.4 is 10.3 Å². The van der Waals surface area contributed by atoms with Gasteiger partial charge >= 0.3 is 0 Å². The van der Waals surface area contributed by atoms with E-state index in [1.807, 2.05) is 84.9 Å². The van der Waals surface area contributed by atoms with E-state index in [4.69, 9.17) is 9.72 Å². The number of nitrogens with zero attached hydrogens (tertiary/aromatic N) is 2. The van der Waals surface area contributed by atoms with Gasteiger partial charge in [-0.05, 0) is 70.1 Å². The van der Waals surface area contributed by atoms with Gasteiger partial charge in [0.05, 0.1) is 24.6 Å². The number of halogens is 1. The van der Waals surface area contributed by atoms with E-state index in [2.05, 4.69) is 22.6 Å². The molecule has 4 rings (SSSR count). The molecule has 144 valence electrons. The number of ether oxygens (including phenoxy) is 1. The first-order valence-corrected chi connectivity index (χ1v) is 10.3. The number of methoxy groups -OCH3 is 1. The third-order valence-electron chi connectivity index (χ3n) is 4.67. The zero-order valence-corrected chi connectivity index (χ0v) is 18.0. The second-order valence-corrected chi connectivity index (χ2v) is 7.86. The summed E-state index contributed by atoms with van der Waals surface area (Å²) < 4.78 is 7.95. The molecule has 0 radical (unpaired) electrons. The van der Waals surface area contributed by atoms with Gasteiger partial charge in [-0.15, -0.1) is 0 Å². The lowest BCUT2D eigenvalue weighted by atomic mass is 10.2. The molecule has 0 unspecified atom stereocenters. The van der Waals surface area contributed by atoms with Crippen LogP contribution in [0.5, 0.6) is 5.75 Å². The van der Waals surface area contributed by atoms with Crippen LogP contribution in [-0.4, -0.2) is 16.7 Å². The fourth-order valence-corrected chi connectivity index (χ4v) is 3.63. The summed E-state index contributed by atoms with van der Waals surface area (Å²) in [5, 5.41) is 0.634. The maximum absolute atomic E-state index is 13.3. The third-order valence-corrected chi connectivity index (χ3v) is 5.34. The van der Waals surface area contributed by atoms with Gasteiger partial charge in [0, 0.05) is 3.57 Å². The van der Waals surface area contributed by atoms with Gasteiger partial charge in [0.15, 0.2) is 0 Å². The Labute approximate surface area is 182 Å².